The first kappa shape index (κ1) is 17.5. The molecule has 0 aliphatic heterocycles. The summed E-state index contributed by atoms with van der Waals surface area (Å²) in [5, 5.41) is 4.78. The van der Waals surface area contributed by atoms with E-state index >= 15 is 0 Å². The molecule has 6 nitrogen and oxygen atoms in total. The van der Waals surface area contributed by atoms with Gasteiger partial charge < -0.3 is 4.74 Å². The Bertz CT molecular complexity index is 1050. The van der Waals surface area contributed by atoms with E-state index in [9.17, 15) is 14.4 Å². The highest BCUT2D eigenvalue weighted by atomic mass is 16.5. The minimum atomic E-state index is -0.969. The van der Waals surface area contributed by atoms with Crippen molar-refractivity contribution >= 4 is 22.5 Å². The van der Waals surface area contributed by atoms with Crippen LogP contribution in [0.2, 0.25) is 0 Å². The monoisotopic (exact) mass is 350 g/mol. The quantitative estimate of drug-likeness (QED) is 0.534. The van der Waals surface area contributed by atoms with Crippen LogP contribution >= 0.6 is 0 Å². The van der Waals surface area contributed by atoms with Gasteiger partial charge in [0.15, 0.2) is 11.8 Å². The Morgan fingerprint density at radius 2 is 1.65 bits per heavy atom. The van der Waals surface area contributed by atoms with Gasteiger partial charge in [-0.3, -0.25) is 9.59 Å². The van der Waals surface area contributed by atoms with Gasteiger partial charge >= 0.3 is 5.97 Å². The fourth-order valence-electron chi connectivity index (χ4n) is 2.67. The Morgan fingerprint density at radius 1 is 1.04 bits per heavy atom. The Morgan fingerprint density at radius 3 is 2.31 bits per heavy atom. The molecule has 0 saturated carbocycles. The van der Waals surface area contributed by atoms with E-state index in [0.717, 1.165) is 10.2 Å². The molecule has 1 heterocycles. The number of benzene rings is 2. The summed E-state index contributed by atoms with van der Waals surface area (Å²) in [4.78, 5) is 37.2. The number of hydrogen-bond acceptors (Lipinski definition) is 5. The Balaban J connectivity index is 1.89. The summed E-state index contributed by atoms with van der Waals surface area (Å²) in [6.07, 6.45) is -0.969. The highest BCUT2D eigenvalue weighted by Crippen LogP contribution is 2.16. The third kappa shape index (κ3) is 3.26. The number of rotatable bonds is 4. The van der Waals surface area contributed by atoms with E-state index in [1.165, 1.54) is 14.0 Å². The van der Waals surface area contributed by atoms with Crippen LogP contribution in [0.15, 0.2) is 53.3 Å². The maximum Gasteiger partial charge on any atom is 0.360 e. The van der Waals surface area contributed by atoms with Crippen LogP contribution in [0.5, 0.6) is 0 Å². The molecule has 2 aromatic carbocycles. The van der Waals surface area contributed by atoms with Crippen LogP contribution in [0.1, 0.15) is 33.3 Å². The minimum Gasteiger partial charge on any atom is -0.449 e. The molecular formula is C20H18N2O4. The maximum atomic E-state index is 12.6. The molecular weight excluding hydrogens is 332 g/mol. The summed E-state index contributed by atoms with van der Waals surface area (Å²) < 4.78 is 6.41. The van der Waals surface area contributed by atoms with Gasteiger partial charge in [-0.15, -0.1) is 0 Å². The van der Waals surface area contributed by atoms with Crippen LogP contribution < -0.4 is 5.56 Å². The highest BCUT2D eigenvalue weighted by Gasteiger charge is 2.23. The number of carbonyl (C=O) groups is 2. The molecule has 0 saturated heterocycles. The fourth-order valence-corrected chi connectivity index (χ4v) is 2.67. The standard InChI is InChI=1S/C20H18N2O4/c1-12-8-10-14(11-9-12)18(23)13(2)26-20(25)17-15-6-4-5-7-16(15)19(24)22(3)21-17/h4-11,13H,1-3H3/t13-/m1/s1. The summed E-state index contributed by atoms with van der Waals surface area (Å²) in [5.41, 5.74) is 1.20. The average molecular weight is 350 g/mol. The van der Waals surface area contributed by atoms with E-state index in [4.69, 9.17) is 4.74 Å². The molecule has 0 bridgehead atoms. The molecule has 0 spiro atoms. The minimum absolute atomic E-state index is 0.00579. The van der Waals surface area contributed by atoms with E-state index in [1.54, 1.807) is 36.4 Å². The number of hydrogen-bond donors (Lipinski definition) is 0. The lowest BCUT2D eigenvalue weighted by atomic mass is 10.1. The number of nitrogens with zero attached hydrogens (tertiary/aromatic N) is 2. The SMILES string of the molecule is Cc1ccc(C(=O)[C@@H](C)OC(=O)c2nn(C)c(=O)c3ccccc23)cc1. The van der Waals surface area contributed by atoms with Crippen LogP contribution in [0.3, 0.4) is 0 Å². The van der Waals surface area contributed by atoms with Gasteiger partial charge in [0, 0.05) is 18.0 Å². The summed E-state index contributed by atoms with van der Waals surface area (Å²) >= 11 is 0. The second-order valence-corrected chi connectivity index (χ2v) is 6.10. The van der Waals surface area contributed by atoms with E-state index in [-0.39, 0.29) is 17.0 Å². The van der Waals surface area contributed by atoms with Crippen LogP contribution in [-0.2, 0) is 11.8 Å². The largest absolute Gasteiger partial charge is 0.449 e. The molecule has 0 unspecified atom stereocenters. The maximum absolute atomic E-state index is 12.6. The van der Waals surface area contributed by atoms with Gasteiger partial charge in [0.05, 0.1) is 5.39 Å². The molecule has 3 rings (SSSR count). The molecule has 6 heteroatoms. The van der Waals surface area contributed by atoms with Gasteiger partial charge in [-0.25, -0.2) is 9.48 Å². The summed E-state index contributed by atoms with van der Waals surface area (Å²) in [6, 6.07) is 13.7. The van der Waals surface area contributed by atoms with E-state index in [0.29, 0.717) is 16.3 Å². The molecule has 0 amide bonds. The van der Waals surface area contributed by atoms with Gasteiger partial charge in [-0.2, -0.15) is 5.10 Å². The molecule has 0 aliphatic rings. The highest BCUT2D eigenvalue weighted by molar-refractivity contribution is 6.05. The van der Waals surface area contributed by atoms with Crippen molar-refractivity contribution in [2.45, 2.75) is 20.0 Å². The molecule has 0 radical (unpaired) electrons. The third-order valence-electron chi connectivity index (χ3n) is 4.14. The fraction of sp³-hybridized carbons (Fsp3) is 0.200. The van der Waals surface area contributed by atoms with E-state index in [2.05, 4.69) is 5.10 Å². The average Bonchev–Trinajstić information content (AvgIpc) is 2.64. The number of Topliss-reactive ketones (excluding diaryl/α,β-unsaturated/α-hetero) is 1. The summed E-state index contributed by atoms with van der Waals surface area (Å²) in [5.74, 6) is -1.04. The van der Waals surface area contributed by atoms with Gasteiger partial charge in [0.25, 0.3) is 5.56 Å². The zero-order valence-electron chi connectivity index (χ0n) is 14.7. The van der Waals surface area contributed by atoms with Crippen molar-refractivity contribution in [1.29, 1.82) is 0 Å². The number of ketones is 1. The Kier molecular flexibility index (Phi) is 4.67. The number of ether oxygens (including phenoxy) is 1. The van der Waals surface area contributed by atoms with Gasteiger partial charge in [-0.1, -0.05) is 48.0 Å². The second kappa shape index (κ2) is 6.92. The third-order valence-corrected chi connectivity index (χ3v) is 4.14. The molecule has 3 aromatic rings. The van der Waals surface area contributed by atoms with Gasteiger partial charge in [-0.05, 0) is 19.9 Å². The molecule has 1 atom stereocenters. The number of aryl methyl sites for hydroxylation is 2. The van der Waals surface area contributed by atoms with Crippen molar-refractivity contribution in [2.75, 3.05) is 0 Å². The lowest BCUT2D eigenvalue weighted by molar-refractivity contribution is 0.0313. The second-order valence-electron chi connectivity index (χ2n) is 6.10. The lowest BCUT2D eigenvalue weighted by Gasteiger charge is -2.13. The summed E-state index contributed by atoms with van der Waals surface area (Å²) in [7, 11) is 1.46. The zero-order chi connectivity index (χ0) is 18.8. The normalized spacial score (nSPS) is 12.0. The summed E-state index contributed by atoms with van der Waals surface area (Å²) in [6.45, 7) is 3.44. The van der Waals surface area contributed by atoms with Crippen molar-refractivity contribution in [3.8, 4) is 0 Å². The zero-order valence-corrected chi connectivity index (χ0v) is 14.7. The predicted octanol–water partition coefficient (Wildman–Crippen LogP) is 2.67. The topological polar surface area (TPSA) is 78.3 Å². The number of carbonyl (C=O) groups excluding carboxylic acids is 2. The Hall–Kier alpha value is -3.28. The van der Waals surface area contributed by atoms with Crippen molar-refractivity contribution in [2.24, 2.45) is 7.05 Å². The number of aromatic nitrogens is 2. The smallest absolute Gasteiger partial charge is 0.360 e. The van der Waals surface area contributed by atoms with Crippen molar-refractivity contribution < 1.29 is 14.3 Å². The van der Waals surface area contributed by atoms with Crippen molar-refractivity contribution in [1.82, 2.24) is 9.78 Å². The number of esters is 1. The molecule has 0 N–H and O–H groups in total. The van der Waals surface area contributed by atoms with E-state index < -0.39 is 12.1 Å². The first-order valence-electron chi connectivity index (χ1n) is 8.16. The van der Waals surface area contributed by atoms with Crippen LogP contribution in [0, 0.1) is 6.92 Å². The Labute approximate surface area is 150 Å². The molecule has 0 aliphatic carbocycles. The molecule has 1 aromatic heterocycles. The first-order chi connectivity index (χ1) is 12.4. The van der Waals surface area contributed by atoms with E-state index in [1.807, 2.05) is 19.1 Å². The molecule has 0 fully saturated rings. The van der Waals surface area contributed by atoms with Crippen molar-refractivity contribution in [3.63, 3.8) is 0 Å². The van der Waals surface area contributed by atoms with Crippen LogP contribution in [0.25, 0.3) is 10.8 Å². The molecule has 132 valence electrons. The number of fused-ring (bicyclic) bond motifs is 1. The van der Waals surface area contributed by atoms with Crippen molar-refractivity contribution in [3.05, 3.63) is 75.7 Å². The van der Waals surface area contributed by atoms with Gasteiger partial charge in [0.2, 0.25) is 5.78 Å². The predicted molar refractivity (Wildman–Crippen MR) is 97.4 cm³/mol. The van der Waals surface area contributed by atoms with Crippen LogP contribution in [-0.4, -0.2) is 27.6 Å². The molecule has 26 heavy (non-hydrogen) atoms. The van der Waals surface area contributed by atoms with Gasteiger partial charge in [0.1, 0.15) is 0 Å². The van der Waals surface area contributed by atoms with Crippen LogP contribution in [0.4, 0.5) is 0 Å². The lowest BCUT2D eigenvalue weighted by Crippen LogP contribution is -2.28. The first-order valence-corrected chi connectivity index (χ1v) is 8.16.